The third kappa shape index (κ3) is 6.30. The predicted molar refractivity (Wildman–Crippen MR) is 80.7 cm³/mol. The van der Waals surface area contributed by atoms with Crippen LogP contribution in [0.25, 0.3) is 0 Å². The van der Waals surface area contributed by atoms with Gasteiger partial charge < -0.3 is 25.2 Å². The van der Waals surface area contributed by atoms with E-state index in [0.717, 1.165) is 6.42 Å². The Balaban J connectivity index is 2.39. The topological polar surface area (TPSA) is 82.0 Å². The van der Waals surface area contributed by atoms with Gasteiger partial charge in [-0.2, -0.15) is 0 Å². The quantitative estimate of drug-likeness (QED) is 0.682. The second kappa shape index (κ2) is 7.54. The van der Waals surface area contributed by atoms with Gasteiger partial charge in [-0.3, -0.25) is 4.79 Å². The van der Waals surface area contributed by atoms with Gasteiger partial charge in [0.05, 0.1) is 6.10 Å². The van der Waals surface area contributed by atoms with Crippen LogP contribution in [0, 0.1) is 5.41 Å². The molecule has 0 saturated carbocycles. The van der Waals surface area contributed by atoms with E-state index >= 15 is 0 Å². The third-order valence-electron chi connectivity index (χ3n) is 3.81. The normalized spacial score (nSPS) is 30.5. The van der Waals surface area contributed by atoms with Gasteiger partial charge in [-0.1, -0.05) is 20.8 Å². The molecule has 6 heteroatoms. The van der Waals surface area contributed by atoms with E-state index < -0.39 is 12.4 Å². The molecule has 0 aliphatic carbocycles. The van der Waals surface area contributed by atoms with Crippen LogP contribution in [-0.4, -0.2) is 66.2 Å². The van der Waals surface area contributed by atoms with Crippen LogP contribution in [0.15, 0.2) is 0 Å². The molecule has 1 aliphatic rings. The minimum Gasteiger partial charge on any atom is -0.386 e. The average molecular weight is 302 g/mol. The lowest BCUT2D eigenvalue weighted by Gasteiger charge is -2.40. The molecule has 0 radical (unpaired) electrons. The highest BCUT2D eigenvalue weighted by Gasteiger charge is 2.37. The van der Waals surface area contributed by atoms with Gasteiger partial charge in [0.2, 0.25) is 5.91 Å². The van der Waals surface area contributed by atoms with Crippen molar-refractivity contribution in [3.8, 4) is 0 Å². The lowest BCUT2D eigenvalue weighted by molar-refractivity contribution is -0.232. The summed E-state index contributed by atoms with van der Waals surface area (Å²) in [4.78, 5) is 13.7. The number of aliphatic hydroxyl groups excluding tert-OH is 2. The molecule has 1 saturated heterocycles. The molecule has 1 aliphatic heterocycles. The first-order valence-corrected chi connectivity index (χ1v) is 7.55. The summed E-state index contributed by atoms with van der Waals surface area (Å²) in [5, 5.41) is 22.4. The first-order valence-electron chi connectivity index (χ1n) is 7.55. The van der Waals surface area contributed by atoms with Crippen LogP contribution in [0.3, 0.4) is 0 Å². The maximum atomic E-state index is 11.8. The summed E-state index contributed by atoms with van der Waals surface area (Å²) in [5.41, 5.74) is 0.134. The maximum Gasteiger partial charge on any atom is 0.220 e. The number of carbonyl (C=O) groups is 1. The Labute approximate surface area is 127 Å². The molecule has 124 valence electrons. The van der Waals surface area contributed by atoms with E-state index in [4.69, 9.17) is 4.74 Å². The van der Waals surface area contributed by atoms with Crippen LogP contribution in [0.5, 0.6) is 0 Å². The number of carbonyl (C=O) groups excluding carboxylic acids is 1. The first-order chi connectivity index (χ1) is 9.60. The average Bonchev–Trinajstić information content (AvgIpc) is 2.36. The van der Waals surface area contributed by atoms with Crippen LogP contribution in [0.1, 0.15) is 40.0 Å². The second-order valence-electron chi connectivity index (χ2n) is 7.27. The third-order valence-corrected chi connectivity index (χ3v) is 3.81. The zero-order chi connectivity index (χ0) is 16.2. The number of likely N-dealkylation sites (N-methyl/N-ethyl adjacent to an activating group) is 1. The fraction of sp³-hybridized carbons (Fsp3) is 0.933. The Morgan fingerprint density at radius 1 is 1.33 bits per heavy atom. The molecule has 0 spiro atoms. The van der Waals surface area contributed by atoms with Crippen molar-refractivity contribution in [3.63, 3.8) is 0 Å². The highest BCUT2D eigenvalue weighted by atomic mass is 16.6. The summed E-state index contributed by atoms with van der Waals surface area (Å²) in [6, 6.07) is -0.176. The van der Waals surface area contributed by atoms with E-state index in [1.807, 2.05) is 19.0 Å². The summed E-state index contributed by atoms with van der Waals surface area (Å²) >= 11 is 0. The molecule has 0 aromatic heterocycles. The van der Waals surface area contributed by atoms with Gasteiger partial charge in [0.25, 0.3) is 0 Å². The van der Waals surface area contributed by atoms with Crippen molar-refractivity contribution in [2.45, 2.75) is 64.6 Å². The summed E-state index contributed by atoms with van der Waals surface area (Å²) in [5.74, 6) is -0.00413. The number of ether oxygens (including phenoxy) is 1. The molecule has 0 bridgehead atoms. The Morgan fingerprint density at radius 2 is 1.95 bits per heavy atom. The lowest BCUT2D eigenvalue weighted by atomic mass is 9.90. The molecule has 0 aromatic rings. The molecular weight excluding hydrogens is 272 g/mol. The van der Waals surface area contributed by atoms with Crippen molar-refractivity contribution < 1.29 is 19.7 Å². The van der Waals surface area contributed by atoms with Gasteiger partial charge in [0, 0.05) is 19.0 Å². The Bertz CT molecular complexity index is 341. The van der Waals surface area contributed by atoms with E-state index in [1.54, 1.807) is 0 Å². The molecule has 6 nitrogen and oxygen atoms in total. The number of rotatable bonds is 5. The molecule has 3 N–H and O–H groups in total. The van der Waals surface area contributed by atoms with Crippen LogP contribution in [0.2, 0.25) is 0 Å². The second-order valence-corrected chi connectivity index (χ2v) is 7.27. The molecule has 1 amide bonds. The Kier molecular flexibility index (Phi) is 6.59. The fourth-order valence-electron chi connectivity index (χ4n) is 2.38. The number of aliphatic hydroxyl groups is 2. The minimum absolute atomic E-state index is 0.00413. The number of nitrogens with one attached hydrogen (secondary N) is 1. The van der Waals surface area contributed by atoms with E-state index in [2.05, 4.69) is 26.1 Å². The van der Waals surface area contributed by atoms with Crippen molar-refractivity contribution in [1.82, 2.24) is 10.2 Å². The highest BCUT2D eigenvalue weighted by Crippen LogP contribution is 2.22. The first kappa shape index (κ1) is 18.4. The van der Waals surface area contributed by atoms with Crippen LogP contribution in [0.4, 0.5) is 0 Å². The van der Waals surface area contributed by atoms with E-state index in [9.17, 15) is 15.0 Å². The molecule has 0 aromatic carbocycles. The van der Waals surface area contributed by atoms with Crippen molar-refractivity contribution in [3.05, 3.63) is 0 Å². The number of hydrogen-bond donors (Lipinski definition) is 3. The van der Waals surface area contributed by atoms with E-state index in [-0.39, 0.29) is 23.5 Å². The van der Waals surface area contributed by atoms with Gasteiger partial charge in [-0.25, -0.2) is 0 Å². The van der Waals surface area contributed by atoms with Gasteiger partial charge in [-0.15, -0.1) is 0 Å². The Morgan fingerprint density at radius 3 is 2.48 bits per heavy atom. The van der Waals surface area contributed by atoms with Crippen molar-refractivity contribution >= 4 is 5.91 Å². The molecule has 3 unspecified atom stereocenters. The van der Waals surface area contributed by atoms with Crippen molar-refractivity contribution in [1.29, 1.82) is 0 Å². The van der Waals surface area contributed by atoms with Crippen LogP contribution < -0.4 is 5.32 Å². The molecule has 1 heterocycles. The van der Waals surface area contributed by atoms with Crippen molar-refractivity contribution in [2.24, 2.45) is 5.41 Å². The van der Waals surface area contributed by atoms with E-state index in [0.29, 0.717) is 19.4 Å². The fourth-order valence-corrected chi connectivity index (χ4v) is 2.38. The zero-order valence-electron chi connectivity index (χ0n) is 13.8. The summed E-state index contributed by atoms with van der Waals surface area (Å²) in [6.07, 6.45) is -0.528. The van der Waals surface area contributed by atoms with Crippen LogP contribution in [-0.2, 0) is 9.53 Å². The highest BCUT2D eigenvalue weighted by molar-refractivity contribution is 5.75. The van der Waals surface area contributed by atoms with Crippen molar-refractivity contribution in [2.75, 3.05) is 20.6 Å². The molecule has 4 atom stereocenters. The smallest absolute Gasteiger partial charge is 0.220 e. The number of hydrogen-bond acceptors (Lipinski definition) is 5. The maximum absolute atomic E-state index is 11.8. The summed E-state index contributed by atoms with van der Waals surface area (Å²) in [6.45, 7) is 6.66. The number of amides is 1. The molecule has 21 heavy (non-hydrogen) atoms. The van der Waals surface area contributed by atoms with Crippen LogP contribution >= 0.6 is 0 Å². The zero-order valence-corrected chi connectivity index (χ0v) is 13.8. The standard InChI is InChI=1S/C15H30N2O4/c1-15(2,3)7-6-12(18)16-9-10-8-11(17(4)5)13(19)14(20)21-10/h10-11,13-14,19-20H,6-9H2,1-5H3,(H,16,18)/t10?,11?,13?,14-/m1/s1. The summed E-state index contributed by atoms with van der Waals surface area (Å²) in [7, 11) is 3.70. The Hall–Kier alpha value is -0.690. The van der Waals surface area contributed by atoms with Gasteiger partial charge in [0.15, 0.2) is 6.29 Å². The van der Waals surface area contributed by atoms with E-state index in [1.165, 1.54) is 0 Å². The molecule has 1 fully saturated rings. The van der Waals surface area contributed by atoms with Gasteiger partial charge in [-0.05, 0) is 32.4 Å². The number of nitrogens with zero attached hydrogens (tertiary/aromatic N) is 1. The SMILES string of the molecule is CN(C)C1CC(CNC(=O)CCC(C)(C)C)O[C@@H](O)C1O. The largest absolute Gasteiger partial charge is 0.386 e. The summed E-state index contributed by atoms with van der Waals surface area (Å²) < 4.78 is 5.34. The van der Waals surface area contributed by atoms with Gasteiger partial charge in [0.1, 0.15) is 6.10 Å². The minimum atomic E-state index is -1.21. The molecule has 1 rings (SSSR count). The monoisotopic (exact) mass is 302 g/mol. The molecular formula is C15H30N2O4. The lowest BCUT2D eigenvalue weighted by Crippen LogP contribution is -2.55. The van der Waals surface area contributed by atoms with Gasteiger partial charge >= 0.3 is 0 Å². The predicted octanol–water partition coefficient (Wildman–Crippen LogP) is 0.327.